The minimum Gasteiger partial charge on any atom is -0.339 e. The van der Waals surface area contributed by atoms with Crippen LogP contribution in [0.1, 0.15) is 15.2 Å². The zero-order valence-electron chi connectivity index (χ0n) is 13.8. The maximum Gasteiger partial charge on any atom is 0.262 e. The van der Waals surface area contributed by atoms with E-state index >= 15 is 0 Å². The molecule has 132 valence electrons. The van der Waals surface area contributed by atoms with E-state index in [-0.39, 0.29) is 11.8 Å². The van der Waals surface area contributed by atoms with Gasteiger partial charge in [0.15, 0.2) is 0 Å². The first-order valence-electron chi connectivity index (χ1n) is 8.06. The van der Waals surface area contributed by atoms with Crippen LogP contribution in [0.3, 0.4) is 0 Å². The van der Waals surface area contributed by atoms with E-state index in [1.807, 2.05) is 35.7 Å². The van der Waals surface area contributed by atoms with E-state index in [9.17, 15) is 9.59 Å². The Morgan fingerprint density at radius 2 is 1.81 bits per heavy atom. The maximum atomic E-state index is 12.8. The molecule has 1 heterocycles. The molecule has 2 aromatic carbocycles. The van der Waals surface area contributed by atoms with Crippen LogP contribution in [-0.2, 0) is 11.2 Å². The van der Waals surface area contributed by atoms with Gasteiger partial charge in [0, 0.05) is 17.1 Å². The molecule has 1 unspecified atom stereocenters. The molecule has 0 saturated heterocycles. The number of amides is 2. The SMILES string of the molecule is O=C(NC(Cc1ccccc1)C(=O)Nc1cccc(Cl)c1)c1cccs1. The molecule has 0 bridgehead atoms. The van der Waals surface area contributed by atoms with Gasteiger partial charge in [-0.1, -0.05) is 54.1 Å². The molecule has 6 heteroatoms. The van der Waals surface area contributed by atoms with Crippen molar-refractivity contribution in [3.63, 3.8) is 0 Å². The molecule has 1 aromatic heterocycles. The number of hydrogen-bond donors (Lipinski definition) is 2. The van der Waals surface area contributed by atoms with Crippen molar-refractivity contribution in [2.24, 2.45) is 0 Å². The van der Waals surface area contributed by atoms with Crippen molar-refractivity contribution in [3.05, 3.63) is 87.6 Å². The van der Waals surface area contributed by atoms with Gasteiger partial charge in [-0.2, -0.15) is 0 Å². The van der Waals surface area contributed by atoms with Gasteiger partial charge in [0.2, 0.25) is 5.91 Å². The lowest BCUT2D eigenvalue weighted by molar-refractivity contribution is -0.118. The summed E-state index contributed by atoms with van der Waals surface area (Å²) in [6, 6.07) is 19.3. The number of hydrogen-bond acceptors (Lipinski definition) is 3. The Hall–Kier alpha value is -2.63. The van der Waals surface area contributed by atoms with Crippen molar-refractivity contribution in [2.75, 3.05) is 5.32 Å². The fourth-order valence-corrected chi connectivity index (χ4v) is 3.31. The third-order valence-electron chi connectivity index (χ3n) is 3.74. The predicted molar refractivity (Wildman–Crippen MR) is 106 cm³/mol. The average molecular weight is 385 g/mol. The van der Waals surface area contributed by atoms with Gasteiger partial charge >= 0.3 is 0 Å². The van der Waals surface area contributed by atoms with Crippen LogP contribution in [-0.4, -0.2) is 17.9 Å². The summed E-state index contributed by atoms with van der Waals surface area (Å²) in [5.74, 6) is -0.553. The van der Waals surface area contributed by atoms with Gasteiger partial charge in [0.25, 0.3) is 5.91 Å². The number of benzene rings is 2. The van der Waals surface area contributed by atoms with E-state index in [2.05, 4.69) is 10.6 Å². The molecule has 0 fully saturated rings. The Morgan fingerprint density at radius 1 is 1.00 bits per heavy atom. The van der Waals surface area contributed by atoms with Crippen molar-refractivity contribution in [2.45, 2.75) is 12.5 Å². The van der Waals surface area contributed by atoms with E-state index in [4.69, 9.17) is 11.6 Å². The standard InChI is InChI=1S/C20H17ClN2O2S/c21-15-8-4-9-16(13-15)22-19(24)17(12-14-6-2-1-3-7-14)23-20(25)18-10-5-11-26-18/h1-11,13,17H,12H2,(H,22,24)(H,23,25). The maximum absolute atomic E-state index is 12.8. The molecule has 0 radical (unpaired) electrons. The van der Waals surface area contributed by atoms with Gasteiger partial charge in [-0.3, -0.25) is 9.59 Å². The first-order chi connectivity index (χ1) is 12.6. The first kappa shape index (κ1) is 18.2. The van der Waals surface area contributed by atoms with Crippen LogP contribution in [0.4, 0.5) is 5.69 Å². The molecule has 0 aliphatic rings. The monoisotopic (exact) mass is 384 g/mol. The van der Waals surface area contributed by atoms with Crippen LogP contribution in [0, 0.1) is 0 Å². The quantitative estimate of drug-likeness (QED) is 0.662. The molecule has 0 spiro atoms. The Morgan fingerprint density at radius 3 is 2.50 bits per heavy atom. The van der Waals surface area contributed by atoms with Crippen molar-refractivity contribution in [1.29, 1.82) is 0 Å². The molecule has 26 heavy (non-hydrogen) atoms. The predicted octanol–water partition coefficient (Wildman–Crippen LogP) is 4.38. The first-order valence-corrected chi connectivity index (χ1v) is 9.32. The lowest BCUT2D eigenvalue weighted by Gasteiger charge is -2.18. The Balaban J connectivity index is 1.77. The number of rotatable bonds is 6. The second-order valence-corrected chi connectivity index (χ2v) is 7.08. The van der Waals surface area contributed by atoms with Gasteiger partial charge in [0.1, 0.15) is 6.04 Å². The summed E-state index contributed by atoms with van der Waals surface area (Å²) in [7, 11) is 0. The van der Waals surface area contributed by atoms with E-state index in [1.54, 1.807) is 36.4 Å². The highest BCUT2D eigenvalue weighted by Crippen LogP contribution is 2.16. The topological polar surface area (TPSA) is 58.2 Å². The Labute approximate surface area is 160 Å². The minimum absolute atomic E-state index is 0.262. The van der Waals surface area contributed by atoms with E-state index in [0.717, 1.165) is 5.56 Å². The lowest BCUT2D eigenvalue weighted by Crippen LogP contribution is -2.45. The number of nitrogens with one attached hydrogen (secondary N) is 2. The Bertz CT molecular complexity index is 882. The number of carbonyl (C=O) groups is 2. The second kappa shape index (κ2) is 8.65. The highest BCUT2D eigenvalue weighted by Gasteiger charge is 2.22. The minimum atomic E-state index is -0.703. The average Bonchev–Trinajstić information content (AvgIpc) is 3.17. The summed E-state index contributed by atoms with van der Waals surface area (Å²) in [4.78, 5) is 25.8. The molecule has 3 rings (SSSR count). The summed E-state index contributed by atoms with van der Waals surface area (Å²) in [5, 5.41) is 8.01. The normalized spacial score (nSPS) is 11.6. The van der Waals surface area contributed by atoms with Crippen molar-refractivity contribution < 1.29 is 9.59 Å². The van der Waals surface area contributed by atoms with E-state index < -0.39 is 6.04 Å². The second-order valence-electron chi connectivity index (χ2n) is 5.69. The highest BCUT2D eigenvalue weighted by atomic mass is 35.5. The van der Waals surface area contributed by atoms with Crippen molar-refractivity contribution in [3.8, 4) is 0 Å². The fourth-order valence-electron chi connectivity index (χ4n) is 2.49. The molecule has 2 amide bonds. The van der Waals surface area contributed by atoms with Crippen molar-refractivity contribution in [1.82, 2.24) is 5.32 Å². The number of carbonyl (C=O) groups excluding carboxylic acids is 2. The molecular weight excluding hydrogens is 368 g/mol. The molecule has 0 saturated carbocycles. The highest BCUT2D eigenvalue weighted by molar-refractivity contribution is 7.12. The largest absolute Gasteiger partial charge is 0.339 e. The van der Waals surface area contributed by atoms with Crippen LogP contribution in [0.2, 0.25) is 5.02 Å². The van der Waals surface area contributed by atoms with E-state index in [1.165, 1.54) is 11.3 Å². The molecule has 1 atom stereocenters. The van der Waals surface area contributed by atoms with Gasteiger partial charge in [-0.25, -0.2) is 0 Å². The number of thiophene rings is 1. The molecular formula is C20H17ClN2O2S. The summed E-state index contributed by atoms with van der Waals surface area (Å²) >= 11 is 7.31. The Kier molecular flexibility index (Phi) is 6.04. The van der Waals surface area contributed by atoms with Gasteiger partial charge in [-0.15, -0.1) is 11.3 Å². The number of anilines is 1. The molecule has 2 N–H and O–H groups in total. The lowest BCUT2D eigenvalue weighted by atomic mass is 10.0. The van der Waals surface area contributed by atoms with Crippen LogP contribution in [0.25, 0.3) is 0 Å². The molecule has 0 aliphatic heterocycles. The summed E-state index contributed by atoms with van der Waals surface area (Å²) in [6.07, 6.45) is 0.393. The molecule has 3 aromatic rings. The fraction of sp³-hybridized carbons (Fsp3) is 0.100. The molecule has 0 aliphatic carbocycles. The number of halogens is 1. The van der Waals surface area contributed by atoms with Crippen LogP contribution < -0.4 is 10.6 Å². The summed E-state index contributed by atoms with van der Waals surface area (Å²) in [6.45, 7) is 0. The van der Waals surface area contributed by atoms with E-state index in [0.29, 0.717) is 22.0 Å². The zero-order chi connectivity index (χ0) is 18.4. The van der Waals surface area contributed by atoms with Crippen LogP contribution in [0.5, 0.6) is 0 Å². The van der Waals surface area contributed by atoms with Gasteiger partial charge in [0.05, 0.1) is 4.88 Å². The smallest absolute Gasteiger partial charge is 0.262 e. The van der Waals surface area contributed by atoms with Gasteiger partial charge in [-0.05, 0) is 35.2 Å². The third-order valence-corrected chi connectivity index (χ3v) is 4.85. The van der Waals surface area contributed by atoms with Crippen LogP contribution in [0.15, 0.2) is 72.1 Å². The summed E-state index contributed by atoms with van der Waals surface area (Å²) in [5.41, 5.74) is 1.55. The zero-order valence-corrected chi connectivity index (χ0v) is 15.4. The van der Waals surface area contributed by atoms with Gasteiger partial charge < -0.3 is 10.6 Å². The van der Waals surface area contributed by atoms with Crippen molar-refractivity contribution >= 4 is 40.4 Å². The molecule has 4 nitrogen and oxygen atoms in total. The van der Waals surface area contributed by atoms with Crippen LogP contribution >= 0.6 is 22.9 Å². The third kappa shape index (κ3) is 4.94. The summed E-state index contributed by atoms with van der Waals surface area (Å²) < 4.78 is 0.